The van der Waals surface area contributed by atoms with Gasteiger partial charge < -0.3 is 10.6 Å². The number of carbonyl (C=O) groups excluding carboxylic acids is 1. The van der Waals surface area contributed by atoms with Crippen molar-refractivity contribution in [2.45, 2.75) is 45.6 Å². The van der Waals surface area contributed by atoms with Crippen LogP contribution >= 0.6 is 12.6 Å². The van der Waals surface area contributed by atoms with E-state index in [9.17, 15) is 4.79 Å². The molecule has 26 heavy (non-hydrogen) atoms. The number of carbonyl (C=O) groups is 1. The molecule has 0 aliphatic heterocycles. The van der Waals surface area contributed by atoms with E-state index in [2.05, 4.69) is 51.0 Å². The predicted molar refractivity (Wildman–Crippen MR) is 116 cm³/mol. The number of aliphatic imine (C=N–C) groups is 2. The first-order valence-electron chi connectivity index (χ1n) is 8.50. The first kappa shape index (κ1) is 23.9. The third-order valence-electron chi connectivity index (χ3n) is 3.30. The number of amides is 1. The van der Waals surface area contributed by atoms with Gasteiger partial charge in [0.1, 0.15) is 11.7 Å². The normalized spacial score (nSPS) is 13.7. The summed E-state index contributed by atoms with van der Waals surface area (Å²) in [5.74, 6) is 2.25. The molecule has 1 saturated carbocycles. The van der Waals surface area contributed by atoms with Gasteiger partial charge in [0, 0.05) is 36.5 Å². The van der Waals surface area contributed by atoms with E-state index in [1.54, 1.807) is 19.5 Å². The van der Waals surface area contributed by atoms with Crippen LogP contribution < -0.4 is 10.6 Å². The quantitative estimate of drug-likeness (QED) is 0.306. The van der Waals surface area contributed by atoms with Gasteiger partial charge in [-0.2, -0.15) is 12.6 Å². The van der Waals surface area contributed by atoms with Crippen molar-refractivity contribution in [3.8, 4) is 0 Å². The summed E-state index contributed by atoms with van der Waals surface area (Å²) in [4.78, 5) is 22.1. The molecule has 0 radical (unpaired) electrons. The van der Waals surface area contributed by atoms with Gasteiger partial charge >= 0.3 is 0 Å². The molecule has 1 aromatic heterocycles. The van der Waals surface area contributed by atoms with Crippen molar-refractivity contribution < 1.29 is 4.79 Å². The average Bonchev–Trinajstić information content (AvgIpc) is 3.47. The molecular formula is C19H31N5OS. The molecule has 6 nitrogen and oxygen atoms in total. The molecule has 0 aromatic carbocycles. The maximum Gasteiger partial charge on any atom is 0.207 e. The summed E-state index contributed by atoms with van der Waals surface area (Å²) >= 11 is 3.53. The Balaban J connectivity index is 0.000000667. The fourth-order valence-corrected chi connectivity index (χ4v) is 1.91. The van der Waals surface area contributed by atoms with Crippen molar-refractivity contribution in [3.63, 3.8) is 0 Å². The van der Waals surface area contributed by atoms with Gasteiger partial charge in [0.05, 0.1) is 0 Å². The fourth-order valence-electron chi connectivity index (χ4n) is 1.91. The lowest BCUT2D eigenvalue weighted by Gasteiger charge is -2.09. The first-order chi connectivity index (χ1) is 12.5. The number of pyridine rings is 1. The maximum atomic E-state index is 9.50. The van der Waals surface area contributed by atoms with Gasteiger partial charge in [-0.25, -0.2) is 4.98 Å². The highest BCUT2D eigenvalue weighted by Gasteiger charge is 2.24. The molecule has 1 heterocycles. The number of thiol groups is 1. The van der Waals surface area contributed by atoms with Gasteiger partial charge in [0.2, 0.25) is 6.41 Å². The summed E-state index contributed by atoms with van der Waals surface area (Å²) in [6.45, 7) is 9.21. The lowest BCUT2D eigenvalue weighted by atomic mass is 10.2. The molecule has 0 atom stereocenters. The molecule has 1 fully saturated rings. The topological polar surface area (TPSA) is 78.7 Å². The highest BCUT2D eigenvalue weighted by molar-refractivity contribution is 7.79. The van der Waals surface area contributed by atoms with Crippen LogP contribution in [-0.2, 0) is 4.79 Å². The highest BCUT2D eigenvalue weighted by atomic mass is 32.1. The molecule has 0 unspecified atom stereocenters. The Bertz CT molecular complexity index is 610. The zero-order valence-electron chi connectivity index (χ0n) is 16.4. The van der Waals surface area contributed by atoms with Gasteiger partial charge in [0.15, 0.2) is 0 Å². The third-order valence-corrected chi connectivity index (χ3v) is 3.30. The smallest absolute Gasteiger partial charge is 0.207 e. The highest BCUT2D eigenvalue weighted by Crippen LogP contribution is 2.39. The van der Waals surface area contributed by atoms with Crippen molar-refractivity contribution in [3.05, 3.63) is 35.7 Å². The Kier molecular flexibility index (Phi) is 12.9. The molecule has 7 heteroatoms. The van der Waals surface area contributed by atoms with Crippen LogP contribution in [0, 0.1) is 0 Å². The Labute approximate surface area is 162 Å². The van der Waals surface area contributed by atoms with Crippen molar-refractivity contribution in [2.75, 3.05) is 18.6 Å². The molecule has 1 aromatic rings. The molecule has 144 valence electrons. The lowest BCUT2D eigenvalue weighted by molar-refractivity contribution is -0.109. The van der Waals surface area contributed by atoms with Crippen LogP contribution in [0.2, 0.25) is 0 Å². The number of hydrogen-bond acceptors (Lipinski definition) is 5. The minimum Gasteiger partial charge on any atom is -0.357 e. The number of aromatic nitrogens is 1. The second-order valence-electron chi connectivity index (χ2n) is 5.85. The van der Waals surface area contributed by atoms with Gasteiger partial charge in [-0.05, 0) is 58.7 Å². The van der Waals surface area contributed by atoms with Crippen LogP contribution in [0.15, 0.2) is 40.0 Å². The third kappa shape index (κ3) is 9.98. The van der Waals surface area contributed by atoms with E-state index < -0.39 is 0 Å². The first-order valence-corrected chi connectivity index (χ1v) is 9.39. The second kappa shape index (κ2) is 14.1. The number of anilines is 1. The Hall–Kier alpha value is -2.15. The van der Waals surface area contributed by atoms with E-state index in [0.717, 1.165) is 17.2 Å². The van der Waals surface area contributed by atoms with Crippen LogP contribution in [0.4, 0.5) is 5.82 Å². The van der Waals surface area contributed by atoms with Crippen LogP contribution in [0.3, 0.4) is 0 Å². The number of nitrogens with zero attached hydrogens (tertiary/aromatic N) is 3. The summed E-state index contributed by atoms with van der Waals surface area (Å²) in [6.07, 6.45) is 6.58. The van der Waals surface area contributed by atoms with Gasteiger partial charge in [-0.15, -0.1) is 0 Å². The Morgan fingerprint density at radius 2 is 2.04 bits per heavy atom. The zero-order valence-corrected chi connectivity index (χ0v) is 17.3. The summed E-state index contributed by atoms with van der Waals surface area (Å²) < 4.78 is 0. The molecule has 2 N–H and O–H groups in total. The predicted octanol–water partition coefficient (Wildman–Crippen LogP) is 3.69. The Morgan fingerprint density at radius 1 is 1.38 bits per heavy atom. The molecule has 1 aliphatic rings. The van der Waals surface area contributed by atoms with E-state index in [0.29, 0.717) is 12.3 Å². The zero-order chi connectivity index (χ0) is 19.9. The second-order valence-corrected chi connectivity index (χ2v) is 5.85. The SMILES string of the molecule is C=N/C=C(/C)C(=NC)Nc1cccc(C2CC2)n1.CC(C)NC=O.CS. The van der Waals surface area contributed by atoms with Crippen LogP contribution in [-0.4, -0.2) is 43.3 Å². The fraction of sp³-hybridized carbons (Fsp3) is 0.474. The van der Waals surface area contributed by atoms with Crippen LogP contribution in [0.25, 0.3) is 0 Å². The van der Waals surface area contributed by atoms with Crippen molar-refractivity contribution in [1.29, 1.82) is 0 Å². The van der Waals surface area contributed by atoms with E-state index in [4.69, 9.17) is 0 Å². The average molecular weight is 378 g/mol. The lowest BCUT2D eigenvalue weighted by Crippen LogP contribution is -2.19. The number of rotatable bonds is 6. The molecular weight excluding hydrogens is 346 g/mol. The Morgan fingerprint density at radius 3 is 2.46 bits per heavy atom. The maximum absolute atomic E-state index is 9.50. The minimum absolute atomic E-state index is 0.280. The molecule has 1 aliphatic carbocycles. The van der Waals surface area contributed by atoms with E-state index >= 15 is 0 Å². The largest absolute Gasteiger partial charge is 0.357 e. The van der Waals surface area contributed by atoms with Gasteiger partial charge in [-0.3, -0.25) is 14.8 Å². The molecule has 1 amide bonds. The van der Waals surface area contributed by atoms with E-state index in [-0.39, 0.29) is 6.04 Å². The molecule has 0 saturated heterocycles. The number of amidine groups is 1. The monoisotopic (exact) mass is 377 g/mol. The van der Waals surface area contributed by atoms with E-state index in [1.807, 2.05) is 32.9 Å². The summed E-state index contributed by atoms with van der Waals surface area (Å²) in [7, 11) is 1.74. The standard InChI is InChI=1S/C14H18N4.C4H9NO.CH4S/c1-10(9-15-2)14(16-3)18-13-6-4-5-12(17-13)11-7-8-11;1-4(2)5-3-6;1-2/h4-6,9,11H,2,7-8H2,1,3H3,(H,16,17,18);3-4H,1-2H3,(H,5,6);2H,1H3/b10-9-;;. The van der Waals surface area contributed by atoms with Crippen LogP contribution in [0.5, 0.6) is 0 Å². The molecule has 2 rings (SSSR count). The van der Waals surface area contributed by atoms with Crippen molar-refractivity contribution in [1.82, 2.24) is 10.3 Å². The van der Waals surface area contributed by atoms with Crippen molar-refractivity contribution >= 4 is 37.4 Å². The van der Waals surface area contributed by atoms with E-state index in [1.165, 1.54) is 18.5 Å². The van der Waals surface area contributed by atoms with Crippen molar-refractivity contribution in [2.24, 2.45) is 9.98 Å². The summed E-state index contributed by atoms with van der Waals surface area (Å²) in [5.41, 5.74) is 2.10. The van der Waals surface area contributed by atoms with Gasteiger partial charge in [0.25, 0.3) is 0 Å². The minimum atomic E-state index is 0.280. The molecule has 0 spiro atoms. The summed E-state index contributed by atoms with van der Waals surface area (Å²) in [6, 6.07) is 6.34. The number of nitrogens with one attached hydrogen (secondary N) is 2. The van der Waals surface area contributed by atoms with Crippen LogP contribution in [0.1, 0.15) is 45.2 Å². The number of hydrogen-bond donors (Lipinski definition) is 3. The molecule has 0 bridgehead atoms. The van der Waals surface area contributed by atoms with Gasteiger partial charge in [-0.1, -0.05) is 6.07 Å². The summed E-state index contributed by atoms with van der Waals surface area (Å²) in [5, 5.41) is 5.75.